The van der Waals surface area contributed by atoms with Gasteiger partial charge in [0, 0.05) is 12.3 Å². The zero-order chi connectivity index (χ0) is 14.2. The maximum Gasteiger partial charge on any atom is 0.140 e. The molecule has 1 heteroatoms. The highest BCUT2D eigenvalue weighted by Crippen LogP contribution is 2.36. The van der Waals surface area contributed by atoms with E-state index < -0.39 is 0 Å². The van der Waals surface area contributed by atoms with Crippen molar-refractivity contribution < 1.29 is 4.79 Å². The van der Waals surface area contributed by atoms with Gasteiger partial charge in [-0.1, -0.05) is 76.1 Å². The fourth-order valence-corrected chi connectivity index (χ4v) is 3.15. The highest BCUT2D eigenvalue weighted by atomic mass is 16.1. The van der Waals surface area contributed by atoms with E-state index in [-0.39, 0.29) is 5.92 Å². The Labute approximate surface area is 123 Å². The third-order valence-corrected chi connectivity index (χ3v) is 4.52. The molecule has 1 aromatic rings. The lowest BCUT2D eigenvalue weighted by molar-refractivity contribution is -0.121. The molecule has 1 nitrogen and oxygen atoms in total. The average molecular weight is 272 g/mol. The summed E-state index contributed by atoms with van der Waals surface area (Å²) in [7, 11) is 0. The standard InChI is InChI=1S/C19H28O/c1-2-3-4-5-6-7-8-9-14-19(20)18-15-16-12-10-11-13-17(16)18/h10-13,18H,2-9,14-15H2,1H3. The van der Waals surface area contributed by atoms with Crippen LogP contribution in [0.25, 0.3) is 0 Å². The second-order valence-electron chi connectivity index (χ2n) is 6.15. The number of carbonyl (C=O) groups excluding carboxylic acids is 1. The summed E-state index contributed by atoms with van der Waals surface area (Å²) in [4.78, 5) is 12.2. The zero-order valence-corrected chi connectivity index (χ0v) is 12.9. The van der Waals surface area contributed by atoms with Crippen LogP contribution < -0.4 is 0 Å². The Morgan fingerprint density at radius 2 is 1.65 bits per heavy atom. The van der Waals surface area contributed by atoms with Crippen molar-refractivity contribution in [2.24, 2.45) is 0 Å². The Morgan fingerprint density at radius 3 is 2.35 bits per heavy atom. The molecule has 0 fully saturated rings. The normalized spacial score (nSPS) is 16.6. The Kier molecular flexibility index (Phi) is 6.29. The maximum absolute atomic E-state index is 12.2. The molecule has 0 spiro atoms. The Balaban J connectivity index is 1.54. The van der Waals surface area contributed by atoms with E-state index in [0.717, 1.165) is 19.3 Å². The lowest BCUT2D eigenvalue weighted by atomic mass is 9.74. The smallest absolute Gasteiger partial charge is 0.140 e. The highest BCUT2D eigenvalue weighted by Gasteiger charge is 2.30. The predicted molar refractivity (Wildman–Crippen MR) is 85.1 cm³/mol. The Morgan fingerprint density at radius 1 is 1.00 bits per heavy atom. The van der Waals surface area contributed by atoms with E-state index >= 15 is 0 Å². The quantitative estimate of drug-likeness (QED) is 0.519. The molecule has 2 rings (SSSR count). The van der Waals surface area contributed by atoms with Crippen LogP contribution in [0.5, 0.6) is 0 Å². The van der Waals surface area contributed by atoms with Gasteiger partial charge in [0.15, 0.2) is 0 Å². The molecule has 0 bridgehead atoms. The number of hydrogen-bond donors (Lipinski definition) is 0. The number of carbonyl (C=O) groups is 1. The van der Waals surface area contributed by atoms with Gasteiger partial charge >= 0.3 is 0 Å². The topological polar surface area (TPSA) is 17.1 Å². The third kappa shape index (κ3) is 4.19. The molecule has 0 radical (unpaired) electrons. The van der Waals surface area contributed by atoms with Crippen LogP contribution in [0.2, 0.25) is 0 Å². The van der Waals surface area contributed by atoms with E-state index in [9.17, 15) is 4.79 Å². The number of Topliss-reactive ketones (excluding diaryl/α,β-unsaturated/α-hetero) is 1. The predicted octanol–water partition coefficient (Wildman–Crippen LogP) is 5.43. The largest absolute Gasteiger partial charge is 0.299 e. The lowest BCUT2D eigenvalue weighted by Crippen LogP contribution is -2.24. The molecule has 1 atom stereocenters. The van der Waals surface area contributed by atoms with Crippen molar-refractivity contribution in [1.82, 2.24) is 0 Å². The molecular weight excluding hydrogens is 244 g/mol. The first-order chi connectivity index (χ1) is 9.83. The fourth-order valence-electron chi connectivity index (χ4n) is 3.15. The summed E-state index contributed by atoms with van der Waals surface area (Å²) < 4.78 is 0. The van der Waals surface area contributed by atoms with Crippen LogP contribution in [0.1, 0.15) is 81.8 Å². The number of hydrogen-bond acceptors (Lipinski definition) is 1. The second kappa shape index (κ2) is 8.24. The van der Waals surface area contributed by atoms with Crippen LogP contribution in [0.4, 0.5) is 0 Å². The first-order valence-corrected chi connectivity index (χ1v) is 8.43. The van der Waals surface area contributed by atoms with E-state index in [1.165, 1.54) is 56.1 Å². The minimum atomic E-state index is 0.218. The molecule has 20 heavy (non-hydrogen) atoms. The van der Waals surface area contributed by atoms with Crippen LogP contribution in [0.15, 0.2) is 24.3 Å². The summed E-state index contributed by atoms with van der Waals surface area (Å²) in [5.74, 6) is 0.686. The van der Waals surface area contributed by atoms with E-state index in [0.29, 0.717) is 5.78 Å². The van der Waals surface area contributed by atoms with Gasteiger partial charge in [-0.2, -0.15) is 0 Å². The van der Waals surface area contributed by atoms with E-state index in [2.05, 4.69) is 31.2 Å². The molecule has 1 aliphatic rings. The molecule has 0 saturated carbocycles. The van der Waals surface area contributed by atoms with Crippen molar-refractivity contribution >= 4 is 5.78 Å². The highest BCUT2D eigenvalue weighted by molar-refractivity contribution is 5.88. The molecule has 1 aliphatic carbocycles. The van der Waals surface area contributed by atoms with Gasteiger partial charge in [0.2, 0.25) is 0 Å². The molecule has 0 amide bonds. The lowest BCUT2D eigenvalue weighted by Gasteiger charge is -2.28. The van der Waals surface area contributed by atoms with E-state index in [4.69, 9.17) is 0 Å². The van der Waals surface area contributed by atoms with Crippen molar-refractivity contribution in [2.75, 3.05) is 0 Å². The van der Waals surface area contributed by atoms with Gasteiger partial charge in [-0.25, -0.2) is 0 Å². The molecule has 0 aromatic heterocycles. The van der Waals surface area contributed by atoms with Crippen LogP contribution in [0.3, 0.4) is 0 Å². The minimum Gasteiger partial charge on any atom is -0.299 e. The molecular formula is C19H28O. The number of unbranched alkanes of at least 4 members (excludes halogenated alkanes) is 7. The molecule has 0 saturated heterocycles. The third-order valence-electron chi connectivity index (χ3n) is 4.52. The number of rotatable bonds is 10. The SMILES string of the molecule is CCCCCCCCCCC(=O)C1Cc2ccccc21. The second-order valence-corrected chi connectivity index (χ2v) is 6.15. The number of fused-ring (bicyclic) bond motifs is 1. The van der Waals surface area contributed by atoms with Gasteiger partial charge in [-0.05, 0) is 24.0 Å². The van der Waals surface area contributed by atoms with Gasteiger partial charge < -0.3 is 0 Å². The van der Waals surface area contributed by atoms with Crippen molar-refractivity contribution in [3.05, 3.63) is 35.4 Å². The summed E-state index contributed by atoms with van der Waals surface area (Å²) in [5, 5.41) is 0. The zero-order valence-electron chi connectivity index (χ0n) is 12.9. The van der Waals surface area contributed by atoms with Crippen molar-refractivity contribution in [3.8, 4) is 0 Å². The molecule has 0 heterocycles. The first-order valence-electron chi connectivity index (χ1n) is 8.43. The average Bonchev–Trinajstić information content (AvgIpc) is 2.43. The summed E-state index contributed by atoms with van der Waals surface area (Å²) >= 11 is 0. The van der Waals surface area contributed by atoms with Crippen LogP contribution in [-0.4, -0.2) is 5.78 Å². The van der Waals surface area contributed by atoms with E-state index in [1.807, 2.05) is 0 Å². The van der Waals surface area contributed by atoms with Gasteiger partial charge in [0.05, 0.1) is 0 Å². The molecule has 0 aliphatic heterocycles. The number of ketones is 1. The van der Waals surface area contributed by atoms with E-state index in [1.54, 1.807) is 0 Å². The summed E-state index contributed by atoms with van der Waals surface area (Å²) in [6, 6.07) is 8.39. The first kappa shape index (κ1) is 15.3. The van der Waals surface area contributed by atoms with Crippen LogP contribution >= 0.6 is 0 Å². The minimum absolute atomic E-state index is 0.218. The van der Waals surface area contributed by atoms with Crippen LogP contribution in [0, 0.1) is 0 Å². The monoisotopic (exact) mass is 272 g/mol. The van der Waals surface area contributed by atoms with Gasteiger partial charge in [0.1, 0.15) is 5.78 Å². The summed E-state index contributed by atoms with van der Waals surface area (Å²) in [6.07, 6.45) is 12.2. The molecule has 0 N–H and O–H groups in total. The summed E-state index contributed by atoms with van der Waals surface area (Å²) in [6.45, 7) is 2.25. The van der Waals surface area contributed by atoms with Crippen molar-refractivity contribution in [1.29, 1.82) is 0 Å². The fraction of sp³-hybridized carbons (Fsp3) is 0.632. The van der Waals surface area contributed by atoms with Gasteiger partial charge in [-0.3, -0.25) is 4.79 Å². The Bertz CT molecular complexity index is 422. The maximum atomic E-state index is 12.2. The molecule has 1 unspecified atom stereocenters. The van der Waals surface area contributed by atoms with Crippen molar-refractivity contribution in [2.45, 2.75) is 77.0 Å². The molecule has 110 valence electrons. The summed E-state index contributed by atoms with van der Waals surface area (Å²) in [5.41, 5.74) is 2.67. The molecule has 1 aromatic carbocycles. The van der Waals surface area contributed by atoms with Crippen LogP contribution in [-0.2, 0) is 11.2 Å². The van der Waals surface area contributed by atoms with Gasteiger partial charge in [0.25, 0.3) is 0 Å². The Hall–Kier alpha value is -1.11. The number of benzene rings is 1. The van der Waals surface area contributed by atoms with Crippen molar-refractivity contribution in [3.63, 3.8) is 0 Å². The van der Waals surface area contributed by atoms with Gasteiger partial charge in [-0.15, -0.1) is 0 Å².